The second kappa shape index (κ2) is 5.52. The number of hydrogen-bond acceptors (Lipinski definition) is 3. The molecule has 4 heteroatoms. The summed E-state index contributed by atoms with van der Waals surface area (Å²) in [5, 5.41) is -0.266. The van der Waals surface area contributed by atoms with Crippen molar-refractivity contribution in [1.29, 1.82) is 0 Å². The minimum Gasteiger partial charge on any atom is -0.369 e. The Hall–Kier alpha value is -1.06. The Morgan fingerprint density at radius 3 is 2.29 bits per heavy atom. The number of nitrogens with zero attached hydrogens (tertiary/aromatic N) is 2. The second-order valence-electron chi connectivity index (χ2n) is 4.34. The number of rotatable bonds is 3. The van der Waals surface area contributed by atoms with E-state index in [0.717, 1.165) is 26.2 Å². The van der Waals surface area contributed by atoms with Gasteiger partial charge in [-0.2, -0.15) is 0 Å². The maximum Gasteiger partial charge on any atom is 0.238 e. The highest BCUT2D eigenvalue weighted by Crippen LogP contribution is 2.16. The fourth-order valence-electron chi connectivity index (χ4n) is 2.15. The third kappa shape index (κ3) is 2.99. The van der Waals surface area contributed by atoms with Crippen molar-refractivity contribution in [2.24, 2.45) is 0 Å². The van der Waals surface area contributed by atoms with E-state index in [0.29, 0.717) is 0 Å². The number of benzene rings is 1. The highest BCUT2D eigenvalue weighted by molar-refractivity contribution is 6.64. The summed E-state index contributed by atoms with van der Waals surface area (Å²) in [5.74, 6) is 0. The molecule has 1 saturated heterocycles. The molecule has 0 amide bonds. The van der Waals surface area contributed by atoms with Crippen LogP contribution in [0.4, 0.5) is 5.69 Å². The van der Waals surface area contributed by atoms with E-state index in [1.807, 2.05) is 25.1 Å². The quantitative estimate of drug-likeness (QED) is 0.769. The smallest absolute Gasteiger partial charge is 0.238 e. The Labute approximate surface area is 107 Å². The molecule has 2 rings (SSSR count). The molecular weight excluding hydrogens is 236 g/mol. The molecule has 0 N–H and O–H groups in total. The molecule has 1 heterocycles. The monoisotopic (exact) mass is 252 g/mol. The molecule has 0 radical (unpaired) electrons. The normalized spacial score (nSPS) is 19.1. The summed E-state index contributed by atoms with van der Waals surface area (Å²) in [6.07, 6.45) is 0. The number of carbonyl (C=O) groups excluding carboxylic acids is 1. The van der Waals surface area contributed by atoms with Gasteiger partial charge in [-0.3, -0.25) is 9.69 Å². The van der Waals surface area contributed by atoms with Gasteiger partial charge in [-0.25, -0.2) is 0 Å². The van der Waals surface area contributed by atoms with E-state index in [2.05, 4.69) is 21.9 Å². The molecule has 1 fully saturated rings. The molecule has 3 nitrogen and oxygen atoms in total. The van der Waals surface area contributed by atoms with Crippen molar-refractivity contribution >= 4 is 22.5 Å². The molecule has 1 aliphatic rings. The van der Waals surface area contributed by atoms with E-state index in [-0.39, 0.29) is 11.3 Å². The van der Waals surface area contributed by atoms with Gasteiger partial charge in [0.15, 0.2) is 0 Å². The number of para-hydroxylation sites is 1. The zero-order chi connectivity index (χ0) is 12.3. The molecule has 0 aliphatic carbocycles. The van der Waals surface area contributed by atoms with Gasteiger partial charge in [-0.15, -0.1) is 0 Å². The minimum absolute atomic E-state index is 0.172. The fourth-order valence-corrected chi connectivity index (χ4v) is 2.29. The lowest BCUT2D eigenvalue weighted by atomic mass is 10.2. The van der Waals surface area contributed by atoms with Gasteiger partial charge >= 0.3 is 0 Å². The average molecular weight is 253 g/mol. The van der Waals surface area contributed by atoms with E-state index < -0.39 is 0 Å². The molecular formula is C13H17ClN2O. The number of carbonyl (C=O) groups is 1. The maximum atomic E-state index is 11.1. The van der Waals surface area contributed by atoms with Crippen LogP contribution in [-0.4, -0.2) is 42.4 Å². The standard InChI is InChI=1S/C13H17ClN2O/c1-11(13(14)17)15-7-9-16(10-8-15)12-5-3-2-4-6-12/h2-6,11H,7-10H2,1H3. The molecule has 1 aromatic carbocycles. The van der Waals surface area contributed by atoms with Crippen molar-refractivity contribution in [1.82, 2.24) is 4.90 Å². The zero-order valence-corrected chi connectivity index (χ0v) is 10.7. The first kappa shape index (κ1) is 12.4. The van der Waals surface area contributed by atoms with Crippen molar-refractivity contribution in [2.75, 3.05) is 31.1 Å². The van der Waals surface area contributed by atoms with Crippen molar-refractivity contribution in [3.05, 3.63) is 30.3 Å². The molecule has 1 unspecified atom stereocenters. The number of halogens is 1. The van der Waals surface area contributed by atoms with Crippen molar-refractivity contribution in [3.8, 4) is 0 Å². The molecule has 0 aromatic heterocycles. The third-order valence-electron chi connectivity index (χ3n) is 3.31. The third-order valence-corrected chi connectivity index (χ3v) is 3.63. The van der Waals surface area contributed by atoms with Gasteiger partial charge in [0.2, 0.25) is 5.24 Å². The Bertz CT molecular complexity index is 374. The second-order valence-corrected chi connectivity index (χ2v) is 4.71. The lowest BCUT2D eigenvalue weighted by Gasteiger charge is -2.38. The van der Waals surface area contributed by atoms with Crippen molar-refractivity contribution in [2.45, 2.75) is 13.0 Å². The van der Waals surface area contributed by atoms with E-state index in [9.17, 15) is 4.79 Å². The first-order valence-corrected chi connectivity index (χ1v) is 6.29. The Balaban J connectivity index is 1.93. The van der Waals surface area contributed by atoms with Gasteiger partial charge < -0.3 is 4.90 Å². The van der Waals surface area contributed by atoms with Crippen LogP contribution in [0.3, 0.4) is 0 Å². The van der Waals surface area contributed by atoms with E-state index >= 15 is 0 Å². The summed E-state index contributed by atoms with van der Waals surface area (Å²) in [6.45, 7) is 5.52. The molecule has 1 aromatic rings. The van der Waals surface area contributed by atoms with Crippen LogP contribution in [0.25, 0.3) is 0 Å². The van der Waals surface area contributed by atoms with Gasteiger partial charge in [0.25, 0.3) is 0 Å². The Kier molecular flexibility index (Phi) is 4.02. The summed E-state index contributed by atoms with van der Waals surface area (Å²) >= 11 is 5.52. The van der Waals surface area contributed by atoms with Crippen LogP contribution in [0.5, 0.6) is 0 Å². The molecule has 1 atom stereocenters. The summed E-state index contributed by atoms with van der Waals surface area (Å²) < 4.78 is 0. The lowest BCUT2D eigenvalue weighted by molar-refractivity contribution is -0.116. The molecule has 1 aliphatic heterocycles. The van der Waals surface area contributed by atoms with Crippen LogP contribution >= 0.6 is 11.6 Å². The summed E-state index contributed by atoms with van der Waals surface area (Å²) in [4.78, 5) is 15.6. The predicted molar refractivity (Wildman–Crippen MR) is 70.6 cm³/mol. The van der Waals surface area contributed by atoms with Crippen LogP contribution in [0.1, 0.15) is 6.92 Å². The molecule has 92 valence electrons. The zero-order valence-electron chi connectivity index (χ0n) is 9.97. The minimum atomic E-state index is -0.266. The number of hydrogen-bond donors (Lipinski definition) is 0. The fraction of sp³-hybridized carbons (Fsp3) is 0.462. The van der Waals surface area contributed by atoms with Gasteiger partial charge in [0, 0.05) is 31.9 Å². The Morgan fingerprint density at radius 1 is 1.18 bits per heavy atom. The van der Waals surface area contributed by atoms with Gasteiger partial charge in [-0.05, 0) is 30.7 Å². The SMILES string of the molecule is CC(C(=O)Cl)N1CCN(c2ccccc2)CC1. The molecule has 0 bridgehead atoms. The van der Waals surface area contributed by atoms with Crippen LogP contribution in [0.15, 0.2) is 30.3 Å². The van der Waals surface area contributed by atoms with Gasteiger partial charge in [0.1, 0.15) is 0 Å². The first-order valence-electron chi connectivity index (χ1n) is 5.92. The Morgan fingerprint density at radius 2 is 1.76 bits per heavy atom. The van der Waals surface area contributed by atoms with Crippen LogP contribution < -0.4 is 4.90 Å². The topological polar surface area (TPSA) is 23.6 Å². The van der Waals surface area contributed by atoms with Crippen molar-refractivity contribution in [3.63, 3.8) is 0 Å². The van der Waals surface area contributed by atoms with Crippen molar-refractivity contribution < 1.29 is 4.79 Å². The van der Waals surface area contributed by atoms with Gasteiger partial charge in [0.05, 0.1) is 6.04 Å². The first-order chi connectivity index (χ1) is 8.18. The molecule has 0 saturated carbocycles. The van der Waals surface area contributed by atoms with Gasteiger partial charge in [-0.1, -0.05) is 18.2 Å². The van der Waals surface area contributed by atoms with Crippen LogP contribution in [0.2, 0.25) is 0 Å². The van der Waals surface area contributed by atoms with E-state index in [4.69, 9.17) is 11.6 Å². The average Bonchev–Trinajstić information content (AvgIpc) is 2.39. The largest absolute Gasteiger partial charge is 0.369 e. The maximum absolute atomic E-state index is 11.1. The number of anilines is 1. The molecule has 17 heavy (non-hydrogen) atoms. The summed E-state index contributed by atoms with van der Waals surface area (Å²) in [7, 11) is 0. The van der Waals surface area contributed by atoms with E-state index in [1.165, 1.54) is 5.69 Å². The van der Waals surface area contributed by atoms with Crippen LogP contribution in [-0.2, 0) is 4.79 Å². The summed E-state index contributed by atoms with van der Waals surface area (Å²) in [6, 6.07) is 10.2. The number of piperazine rings is 1. The van der Waals surface area contributed by atoms with E-state index in [1.54, 1.807) is 0 Å². The highest BCUT2D eigenvalue weighted by Gasteiger charge is 2.24. The lowest BCUT2D eigenvalue weighted by Crippen LogP contribution is -2.51. The molecule has 0 spiro atoms. The predicted octanol–water partition coefficient (Wildman–Crippen LogP) is 1.96. The highest BCUT2D eigenvalue weighted by atomic mass is 35.5. The summed E-state index contributed by atoms with van der Waals surface area (Å²) in [5.41, 5.74) is 1.25. The van der Waals surface area contributed by atoms with Crippen LogP contribution in [0, 0.1) is 0 Å².